The minimum Gasteiger partial charge on any atom is -0.463 e. The van der Waals surface area contributed by atoms with Crippen LogP contribution in [0.5, 0.6) is 0 Å². The number of unbranched alkanes of at least 4 members (excludes halogenated alkanes) is 9. The van der Waals surface area contributed by atoms with Crippen molar-refractivity contribution >= 4 is 5.97 Å². The second-order valence-electron chi connectivity index (χ2n) is 7.26. The van der Waals surface area contributed by atoms with Gasteiger partial charge in [-0.15, -0.1) is 0 Å². The lowest BCUT2D eigenvalue weighted by atomic mass is 10.0. The van der Waals surface area contributed by atoms with Crippen molar-refractivity contribution < 1.29 is 9.53 Å². The van der Waals surface area contributed by atoms with Crippen molar-refractivity contribution in [1.29, 1.82) is 0 Å². The van der Waals surface area contributed by atoms with Crippen LogP contribution in [-0.4, -0.2) is 12.1 Å². The summed E-state index contributed by atoms with van der Waals surface area (Å²) in [6.45, 7) is 4.29. The summed E-state index contributed by atoms with van der Waals surface area (Å²) in [7, 11) is 0. The zero-order valence-electron chi connectivity index (χ0n) is 16.5. The molecule has 1 unspecified atom stereocenters. The lowest BCUT2D eigenvalue weighted by Crippen LogP contribution is -2.15. The number of hydrogen-bond donors (Lipinski definition) is 0. The molecule has 2 nitrogen and oxygen atoms in total. The van der Waals surface area contributed by atoms with Crippen LogP contribution in [0.15, 0.2) is 30.3 Å². The fourth-order valence-corrected chi connectivity index (χ4v) is 3.15. The van der Waals surface area contributed by atoms with E-state index in [1.54, 1.807) is 0 Å². The van der Waals surface area contributed by atoms with Gasteiger partial charge in [-0.1, -0.05) is 95.0 Å². The van der Waals surface area contributed by atoms with Gasteiger partial charge in [0.1, 0.15) is 0 Å². The number of esters is 1. The van der Waals surface area contributed by atoms with Crippen LogP contribution >= 0.6 is 0 Å². The smallest absolute Gasteiger partial charge is 0.306 e. The zero-order valence-corrected chi connectivity index (χ0v) is 16.5. The van der Waals surface area contributed by atoms with E-state index in [1.807, 2.05) is 25.1 Å². The molecule has 1 aromatic rings. The first-order chi connectivity index (χ1) is 12.2. The molecule has 0 saturated carbocycles. The van der Waals surface area contributed by atoms with Crippen LogP contribution in [0.2, 0.25) is 0 Å². The highest BCUT2D eigenvalue weighted by Crippen LogP contribution is 2.13. The fourth-order valence-electron chi connectivity index (χ4n) is 3.15. The van der Waals surface area contributed by atoms with Gasteiger partial charge >= 0.3 is 5.97 Å². The van der Waals surface area contributed by atoms with E-state index in [0.717, 1.165) is 12.8 Å². The minimum atomic E-state index is -0.0663. The Morgan fingerprint density at radius 1 is 0.880 bits per heavy atom. The summed E-state index contributed by atoms with van der Waals surface area (Å²) in [5.74, 6) is -0.0663. The molecule has 0 aromatic heterocycles. The third kappa shape index (κ3) is 12.7. The first kappa shape index (κ1) is 21.7. The molecular formula is C23H38O2. The maximum absolute atomic E-state index is 11.9. The summed E-state index contributed by atoms with van der Waals surface area (Å²) in [4.78, 5) is 11.9. The van der Waals surface area contributed by atoms with Crippen molar-refractivity contribution in [1.82, 2.24) is 0 Å². The summed E-state index contributed by atoms with van der Waals surface area (Å²) in [5, 5.41) is 0. The largest absolute Gasteiger partial charge is 0.463 e. The van der Waals surface area contributed by atoms with E-state index in [4.69, 9.17) is 4.74 Å². The molecule has 1 atom stereocenters. The average Bonchev–Trinajstić information content (AvgIpc) is 2.62. The topological polar surface area (TPSA) is 26.3 Å². The molecule has 0 heterocycles. The molecule has 0 radical (unpaired) electrons. The van der Waals surface area contributed by atoms with E-state index < -0.39 is 0 Å². The SMILES string of the molecule is CCCCCCCCCCCCC(C)OC(=O)CCc1ccccc1. The number of hydrogen-bond acceptors (Lipinski definition) is 2. The third-order valence-electron chi connectivity index (χ3n) is 4.76. The summed E-state index contributed by atoms with van der Waals surface area (Å²) < 4.78 is 5.52. The van der Waals surface area contributed by atoms with Gasteiger partial charge in [-0.3, -0.25) is 4.79 Å². The van der Waals surface area contributed by atoms with Crippen molar-refractivity contribution in [2.45, 2.75) is 103 Å². The number of benzene rings is 1. The summed E-state index contributed by atoms with van der Waals surface area (Å²) in [5.41, 5.74) is 1.20. The Balaban J connectivity index is 1.92. The summed E-state index contributed by atoms with van der Waals surface area (Å²) in [6.07, 6.45) is 15.7. The van der Waals surface area contributed by atoms with E-state index in [2.05, 4.69) is 19.1 Å². The van der Waals surface area contributed by atoms with Crippen LogP contribution in [0.4, 0.5) is 0 Å². The predicted molar refractivity (Wildman–Crippen MR) is 107 cm³/mol. The van der Waals surface area contributed by atoms with Crippen molar-refractivity contribution in [2.75, 3.05) is 0 Å². The summed E-state index contributed by atoms with van der Waals surface area (Å²) >= 11 is 0. The number of carbonyl (C=O) groups excluding carboxylic acids is 1. The highest BCUT2D eigenvalue weighted by atomic mass is 16.5. The van der Waals surface area contributed by atoms with Crippen LogP contribution in [0.25, 0.3) is 0 Å². The first-order valence-electron chi connectivity index (χ1n) is 10.5. The molecule has 0 saturated heterocycles. The fraction of sp³-hybridized carbons (Fsp3) is 0.696. The second kappa shape index (κ2) is 15.0. The highest BCUT2D eigenvalue weighted by Gasteiger charge is 2.09. The Morgan fingerprint density at radius 3 is 2.04 bits per heavy atom. The maximum atomic E-state index is 11.9. The Bertz CT molecular complexity index is 427. The normalized spacial score (nSPS) is 12.1. The lowest BCUT2D eigenvalue weighted by Gasteiger charge is -2.13. The highest BCUT2D eigenvalue weighted by molar-refractivity contribution is 5.69. The lowest BCUT2D eigenvalue weighted by molar-refractivity contribution is -0.148. The quantitative estimate of drug-likeness (QED) is 0.256. The number of carbonyl (C=O) groups is 1. The van der Waals surface area contributed by atoms with Gasteiger partial charge in [0.25, 0.3) is 0 Å². The van der Waals surface area contributed by atoms with Crippen molar-refractivity contribution in [3.05, 3.63) is 35.9 Å². The predicted octanol–water partition coefficient (Wildman–Crippen LogP) is 6.86. The van der Waals surface area contributed by atoms with Crippen molar-refractivity contribution in [3.63, 3.8) is 0 Å². The van der Waals surface area contributed by atoms with Crippen molar-refractivity contribution in [2.24, 2.45) is 0 Å². The molecule has 0 N–H and O–H groups in total. The van der Waals surface area contributed by atoms with Gasteiger partial charge in [-0.25, -0.2) is 0 Å². The Labute approximate surface area is 155 Å². The number of rotatable bonds is 15. The summed E-state index contributed by atoms with van der Waals surface area (Å²) in [6, 6.07) is 10.1. The molecular weight excluding hydrogens is 308 g/mol. The molecule has 0 fully saturated rings. The molecule has 0 aliphatic rings. The molecule has 0 aliphatic heterocycles. The second-order valence-corrected chi connectivity index (χ2v) is 7.26. The molecule has 0 aliphatic carbocycles. The van der Waals surface area contributed by atoms with Gasteiger partial charge in [0.2, 0.25) is 0 Å². The Hall–Kier alpha value is -1.31. The molecule has 1 aromatic carbocycles. The van der Waals surface area contributed by atoms with Gasteiger partial charge < -0.3 is 4.74 Å². The standard InChI is InChI=1S/C23H38O2/c1-3-4-5-6-7-8-9-10-11-13-16-21(2)25-23(24)20-19-22-17-14-12-15-18-22/h12,14-15,17-18,21H,3-11,13,16,19-20H2,1-2H3. The monoisotopic (exact) mass is 346 g/mol. The molecule has 2 heteroatoms. The van der Waals surface area contributed by atoms with E-state index in [1.165, 1.54) is 69.8 Å². The van der Waals surface area contributed by atoms with E-state index in [-0.39, 0.29) is 12.1 Å². The van der Waals surface area contributed by atoms with Gasteiger partial charge in [-0.2, -0.15) is 0 Å². The van der Waals surface area contributed by atoms with Gasteiger partial charge in [-0.05, 0) is 31.7 Å². The van der Waals surface area contributed by atoms with Crippen LogP contribution in [0.3, 0.4) is 0 Å². The van der Waals surface area contributed by atoms with Crippen LogP contribution < -0.4 is 0 Å². The molecule has 1 rings (SSSR count). The Kier molecular flexibility index (Phi) is 13.0. The Morgan fingerprint density at radius 2 is 1.44 bits per heavy atom. The van der Waals surface area contributed by atoms with Gasteiger partial charge in [0.15, 0.2) is 0 Å². The van der Waals surface area contributed by atoms with Crippen LogP contribution in [0, 0.1) is 0 Å². The van der Waals surface area contributed by atoms with Crippen LogP contribution in [-0.2, 0) is 16.0 Å². The van der Waals surface area contributed by atoms with Crippen molar-refractivity contribution in [3.8, 4) is 0 Å². The molecule has 0 bridgehead atoms. The van der Waals surface area contributed by atoms with Crippen LogP contribution in [0.1, 0.15) is 96.5 Å². The van der Waals surface area contributed by atoms with E-state index >= 15 is 0 Å². The maximum Gasteiger partial charge on any atom is 0.306 e. The van der Waals surface area contributed by atoms with E-state index in [0.29, 0.717) is 6.42 Å². The molecule has 0 amide bonds. The third-order valence-corrected chi connectivity index (χ3v) is 4.76. The number of aryl methyl sites for hydroxylation is 1. The molecule has 25 heavy (non-hydrogen) atoms. The first-order valence-corrected chi connectivity index (χ1v) is 10.5. The number of ether oxygens (including phenoxy) is 1. The minimum absolute atomic E-state index is 0.0531. The molecule has 142 valence electrons. The van der Waals surface area contributed by atoms with E-state index in [9.17, 15) is 4.79 Å². The average molecular weight is 347 g/mol. The van der Waals surface area contributed by atoms with Gasteiger partial charge in [0.05, 0.1) is 6.10 Å². The molecule has 0 spiro atoms. The van der Waals surface area contributed by atoms with Gasteiger partial charge in [0, 0.05) is 6.42 Å². The zero-order chi connectivity index (χ0) is 18.2.